The summed E-state index contributed by atoms with van der Waals surface area (Å²) in [6.07, 6.45) is 5.00. The van der Waals surface area contributed by atoms with Crippen LogP contribution in [-0.2, 0) is 14.3 Å². The highest BCUT2D eigenvalue weighted by Crippen LogP contribution is 2.31. The Labute approximate surface area is 159 Å². The molecule has 2 aliphatic rings. The largest absolute Gasteiger partial charge is 0.347 e. The number of ether oxygens (including phenoxy) is 2. The highest BCUT2D eigenvalue weighted by Gasteiger charge is 2.40. The van der Waals surface area contributed by atoms with Gasteiger partial charge in [0, 0.05) is 43.3 Å². The van der Waals surface area contributed by atoms with Crippen LogP contribution in [0, 0.1) is 13.8 Å². The molecule has 1 aromatic heterocycles. The van der Waals surface area contributed by atoms with Crippen LogP contribution in [0.2, 0.25) is 0 Å². The molecule has 27 heavy (non-hydrogen) atoms. The van der Waals surface area contributed by atoms with Gasteiger partial charge in [-0.1, -0.05) is 18.2 Å². The van der Waals surface area contributed by atoms with Crippen LogP contribution < -0.4 is 0 Å². The zero-order chi connectivity index (χ0) is 18.9. The number of carbonyl (C=O) groups excluding carboxylic acids is 1. The molecule has 3 heterocycles. The molecule has 4 rings (SSSR count). The van der Waals surface area contributed by atoms with E-state index in [9.17, 15) is 4.79 Å². The fourth-order valence-corrected chi connectivity index (χ4v) is 3.83. The molecule has 2 aromatic rings. The summed E-state index contributed by atoms with van der Waals surface area (Å²) in [6.45, 7) is 6.61. The minimum absolute atomic E-state index is 0.0223. The van der Waals surface area contributed by atoms with Gasteiger partial charge >= 0.3 is 0 Å². The van der Waals surface area contributed by atoms with Crippen molar-refractivity contribution >= 4 is 12.0 Å². The molecule has 1 aromatic carbocycles. The van der Waals surface area contributed by atoms with Crippen LogP contribution in [0.1, 0.15) is 29.8 Å². The fraction of sp³-hybridized carbons (Fsp3) is 0.429. The third kappa shape index (κ3) is 3.55. The topological polar surface area (TPSA) is 56.6 Å². The van der Waals surface area contributed by atoms with E-state index in [0.29, 0.717) is 26.3 Å². The van der Waals surface area contributed by atoms with E-state index in [-0.39, 0.29) is 5.91 Å². The summed E-state index contributed by atoms with van der Waals surface area (Å²) in [5.41, 5.74) is 3.93. The van der Waals surface area contributed by atoms with Crippen LogP contribution >= 0.6 is 0 Å². The molecule has 0 aliphatic carbocycles. The minimum Gasteiger partial charge on any atom is -0.347 e. The van der Waals surface area contributed by atoms with E-state index < -0.39 is 5.79 Å². The van der Waals surface area contributed by atoms with E-state index in [1.54, 1.807) is 6.08 Å². The Hall–Kier alpha value is -2.44. The maximum Gasteiger partial charge on any atom is 0.246 e. The minimum atomic E-state index is -0.454. The lowest BCUT2D eigenvalue weighted by Crippen LogP contribution is -2.46. The molecule has 142 valence electrons. The van der Waals surface area contributed by atoms with E-state index in [1.807, 2.05) is 59.8 Å². The maximum atomic E-state index is 12.6. The molecule has 0 radical (unpaired) electrons. The molecule has 6 nitrogen and oxygen atoms in total. The van der Waals surface area contributed by atoms with Crippen molar-refractivity contribution in [3.63, 3.8) is 0 Å². The number of hydrogen-bond donors (Lipinski definition) is 0. The van der Waals surface area contributed by atoms with Gasteiger partial charge in [-0.2, -0.15) is 5.10 Å². The molecule has 0 bridgehead atoms. The fourth-order valence-electron chi connectivity index (χ4n) is 3.83. The number of hydrogen-bond acceptors (Lipinski definition) is 4. The van der Waals surface area contributed by atoms with Gasteiger partial charge in [0.05, 0.1) is 24.6 Å². The number of aromatic nitrogens is 2. The molecular formula is C21H25N3O3. The van der Waals surface area contributed by atoms with Gasteiger partial charge in [0.2, 0.25) is 5.91 Å². The molecular weight excluding hydrogens is 342 g/mol. The van der Waals surface area contributed by atoms with Crippen LogP contribution in [0.25, 0.3) is 11.8 Å². The SMILES string of the molecule is Cc1nn(-c2ccccc2)c(C)c1/C=C\C(=O)N1CCC2(CC1)OCCO2. The summed E-state index contributed by atoms with van der Waals surface area (Å²) in [5, 5.41) is 4.63. The Balaban J connectivity index is 1.45. The Morgan fingerprint density at radius 2 is 1.78 bits per heavy atom. The molecule has 1 amide bonds. The average molecular weight is 367 g/mol. The summed E-state index contributed by atoms with van der Waals surface area (Å²) >= 11 is 0. The van der Waals surface area contributed by atoms with Gasteiger partial charge in [-0.25, -0.2) is 4.68 Å². The lowest BCUT2D eigenvalue weighted by molar-refractivity contribution is -0.186. The van der Waals surface area contributed by atoms with Gasteiger partial charge in [0.25, 0.3) is 0 Å². The summed E-state index contributed by atoms with van der Waals surface area (Å²) in [7, 11) is 0. The first-order valence-electron chi connectivity index (χ1n) is 9.45. The second-order valence-electron chi connectivity index (χ2n) is 7.10. The van der Waals surface area contributed by atoms with Crippen molar-refractivity contribution in [1.29, 1.82) is 0 Å². The van der Waals surface area contributed by atoms with Gasteiger partial charge in [-0.05, 0) is 32.1 Å². The maximum absolute atomic E-state index is 12.6. The van der Waals surface area contributed by atoms with E-state index in [2.05, 4.69) is 5.10 Å². The third-order valence-corrected chi connectivity index (χ3v) is 5.39. The number of piperidine rings is 1. The van der Waals surface area contributed by atoms with Gasteiger partial charge < -0.3 is 14.4 Å². The molecule has 6 heteroatoms. The molecule has 0 unspecified atom stereocenters. The first kappa shape index (κ1) is 17.9. The average Bonchev–Trinajstić information content (AvgIpc) is 3.26. The first-order valence-corrected chi connectivity index (χ1v) is 9.45. The summed E-state index contributed by atoms with van der Waals surface area (Å²) in [5.74, 6) is -0.432. The zero-order valence-electron chi connectivity index (χ0n) is 15.9. The molecule has 2 saturated heterocycles. The van der Waals surface area contributed by atoms with Crippen molar-refractivity contribution in [3.05, 3.63) is 53.4 Å². The van der Waals surface area contributed by atoms with E-state index in [1.165, 1.54) is 0 Å². The first-order chi connectivity index (χ1) is 13.1. The molecule has 2 aliphatic heterocycles. The number of benzene rings is 1. The highest BCUT2D eigenvalue weighted by atomic mass is 16.7. The van der Waals surface area contributed by atoms with Crippen LogP contribution in [0.3, 0.4) is 0 Å². The summed E-state index contributed by atoms with van der Waals surface area (Å²) in [4.78, 5) is 14.5. The predicted octanol–water partition coefficient (Wildman–Crippen LogP) is 2.87. The Bertz CT molecular complexity index is 841. The van der Waals surface area contributed by atoms with Crippen molar-refractivity contribution < 1.29 is 14.3 Å². The van der Waals surface area contributed by atoms with Gasteiger partial charge in [0.1, 0.15) is 0 Å². The van der Waals surface area contributed by atoms with Crippen LogP contribution in [0.15, 0.2) is 36.4 Å². The predicted molar refractivity (Wildman–Crippen MR) is 103 cm³/mol. The Kier molecular flexibility index (Phi) is 4.85. The lowest BCUT2D eigenvalue weighted by atomic mass is 10.0. The second kappa shape index (κ2) is 7.29. The second-order valence-corrected chi connectivity index (χ2v) is 7.10. The van der Waals surface area contributed by atoms with Gasteiger partial charge in [-0.3, -0.25) is 4.79 Å². The van der Waals surface area contributed by atoms with Crippen molar-refractivity contribution in [2.24, 2.45) is 0 Å². The summed E-state index contributed by atoms with van der Waals surface area (Å²) < 4.78 is 13.4. The molecule has 2 fully saturated rings. The number of likely N-dealkylation sites (tertiary alicyclic amines) is 1. The number of carbonyl (C=O) groups is 1. The monoisotopic (exact) mass is 367 g/mol. The molecule has 0 atom stereocenters. The molecule has 1 spiro atoms. The molecule has 0 N–H and O–H groups in total. The van der Waals surface area contributed by atoms with Crippen molar-refractivity contribution in [1.82, 2.24) is 14.7 Å². The summed E-state index contributed by atoms with van der Waals surface area (Å²) in [6, 6.07) is 10.0. The zero-order valence-corrected chi connectivity index (χ0v) is 15.9. The van der Waals surface area contributed by atoms with Crippen molar-refractivity contribution in [2.45, 2.75) is 32.5 Å². The normalized spacial score (nSPS) is 19.3. The Morgan fingerprint density at radius 3 is 2.44 bits per heavy atom. The quantitative estimate of drug-likeness (QED) is 0.783. The molecule has 0 saturated carbocycles. The Morgan fingerprint density at radius 1 is 1.11 bits per heavy atom. The van der Waals surface area contributed by atoms with Gasteiger partial charge in [-0.15, -0.1) is 0 Å². The number of para-hydroxylation sites is 1. The van der Waals surface area contributed by atoms with Gasteiger partial charge in [0.15, 0.2) is 5.79 Å². The number of nitrogens with zero attached hydrogens (tertiary/aromatic N) is 3. The van der Waals surface area contributed by atoms with E-state index in [4.69, 9.17) is 9.47 Å². The van der Waals surface area contributed by atoms with E-state index >= 15 is 0 Å². The lowest BCUT2D eigenvalue weighted by Gasteiger charge is -2.37. The van der Waals surface area contributed by atoms with E-state index in [0.717, 1.165) is 35.5 Å². The van der Waals surface area contributed by atoms with Crippen LogP contribution in [0.4, 0.5) is 0 Å². The highest BCUT2D eigenvalue weighted by molar-refractivity contribution is 5.92. The number of amides is 1. The van der Waals surface area contributed by atoms with Crippen molar-refractivity contribution in [3.8, 4) is 5.69 Å². The van der Waals surface area contributed by atoms with Crippen LogP contribution in [-0.4, -0.2) is 52.7 Å². The standard InChI is InChI=1S/C21H25N3O3/c1-16-19(17(2)24(22-16)18-6-4-3-5-7-18)8-9-20(25)23-12-10-21(11-13-23)26-14-15-27-21/h3-9H,10-15H2,1-2H3/b9-8-. The number of rotatable bonds is 3. The third-order valence-electron chi connectivity index (χ3n) is 5.39. The van der Waals surface area contributed by atoms with Crippen LogP contribution in [0.5, 0.6) is 0 Å². The number of aryl methyl sites for hydroxylation is 1. The smallest absolute Gasteiger partial charge is 0.246 e. The van der Waals surface area contributed by atoms with Crippen molar-refractivity contribution in [2.75, 3.05) is 26.3 Å².